The van der Waals surface area contributed by atoms with Crippen molar-refractivity contribution in [1.29, 1.82) is 0 Å². The van der Waals surface area contributed by atoms with E-state index in [1.54, 1.807) is 6.07 Å². The Labute approximate surface area is 121 Å². The third kappa shape index (κ3) is 2.47. The molecule has 0 saturated heterocycles. The van der Waals surface area contributed by atoms with E-state index in [0.717, 1.165) is 9.71 Å². The van der Waals surface area contributed by atoms with E-state index in [2.05, 4.69) is 15.5 Å². The molecule has 0 fully saturated rings. The number of nitrogens with one attached hydrogen (secondary N) is 1. The number of carbonyl (C=O) groups is 1. The average Bonchev–Trinajstić information content (AvgIpc) is 2.95. The molecule has 0 aliphatic carbocycles. The molecule has 102 valence electrons. The fraction of sp³-hybridized carbons (Fsp3) is 0.167. The molecule has 0 radical (unpaired) electrons. The highest BCUT2D eigenvalue weighted by molar-refractivity contribution is 7.15. The first-order chi connectivity index (χ1) is 9.63. The maximum atomic E-state index is 12.1. The molecule has 20 heavy (non-hydrogen) atoms. The number of aromatic nitrogens is 3. The number of nitrogens with zero attached hydrogens (tertiary/aromatic N) is 3. The van der Waals surface area contributed by atoms with Crippen molar-refractivity contribution in [3.8, 4) is 0 Å². The largest absolute Gasteiger partial charge is 0.299 e. The van der Waals surface area contributed by atoms with Gasteiger partial charge in [0.2, 0.25) is 11.0 Å². The number of amides is 1. The molecule has 1 amide bonds. The van der Waals surface area contributed by atoms with E-state index in [1.165, 1.54) is 26.8 Å². The number of aryl methyl sites for hydroxylation is 1. The molecule has 1 N–H and O–H groups in total. The van der Waals surface area contributed by atoms with E-state index >= 15 is 0 Å². The third-order valence-corrected chi connectivity index (χ3v) is 4.43. The van der Waals surface area contributed by atoms with Crippen molar-refractivity contribution in [2.24, 2.45) is 0 Å². The van der Waals surface area contributed by atoms with Crippen molar-refractivity contribution in [1.82, 2.24) is 14.2 Å². The van der Waals surface area contributed by atoms with Gasteiger partial charge in [0.1, 0.15) is 11.6 Å². The van der Waals surface area contributed by atoms with Crippen LogP contribution in [-0.4, -0.2) is 20.1 Å². The Hall–Kier alpha value is -2.06. The average molecular weight is 306 g/mol. The lowest BCUT2D eigenvalue weighted by atomic mass is 10.3. The van der Waals surface area contributed by atoms with Crippen LogP contribution in [0.4, 0.5) is 5.13 Å². The fourth-order valence-corrected chi connectivity index (χ4v) is 3.36. The third-order valence-electron chi connectivity index (χ3n) is 2.61. The molecule has 0 atom stereocenters. The first-order valence-corrected chi connectivity index (χ1v) is 7.41. The Kier molecular flexibility index (Phi) is 3.33. The number of hydrogen-bond donors (Lipinski definition) is 1. The Morgan fingerprint density at radius 2 is 2.15 bits per heavy atom. The molecule has 2 heterocycles. The van der Waals surface area contributed by atoms with Crippen molar-refractivity contribution in [2.75, 3.05) is 5.32 Å². The van der Waals surface area contributed by atoms with Gasteiger partial charge in [-0.1, -0.05) is 35.0 Å². The van der Waals surface area contributed by atoms with Crippen LogP contribution in [0.2, 0.25) is 0 Å². The molecule has 3 rings (SSSR count). The van der Waals surface area contributed by atoms with Crippen molar-refractivity contribution >= 4 is 44.0 Å². The van der Waals surface area contributed by atoms with Crippen molar-refractivity contribution < 1.29 is 4.79 Å². The summed E-state index contributed by atoms with van der Waals surface area (Å²) in [4.78, 5) is 24.0. The van der Waals surface area contributed by atoms with Crippen LogP contribution in [0.15, 0.2) is 29.1 Å². The molecular formula is C12H10N4O2S2. The number of benzene rings is 1. The molecule has 0 aliphatic rings. The van der Waals surface area contributed by atoms with Crippen LogP contribution in [0.5, 0.6) is 0 Å². The Morgan fingerprint density at radius 1 is 1.35 bits per heavy atom. The zero-order valence-corrected chi connectivity index (χ0v) is 12.1. The van der Waals surface area contributed by atoms with Crippen LogP contribution >= 0.6 is 22.9 Å². The van der Waals surface area contributed by atoms with Gasteiger partial charge < -0.3 is 0 Å². The second kappa shape index (κ2) is 5.14. The Balaban J connectivity index is 1.81. The molecular weight excluding hydrogens is 296 g/mol. The summed E-state index contributed by atoms with van der Waals surface area (Å²) in [6.45, 7) is 1.79. The van der Waals surface area contributed by atoms with Gasteiger partial charge in [-0.25, -0.2) is 0 Å². The number of rotatable bonds is 3. The standard InChI is InChI=1S/C12H10N4O2S2/c1-7-14-15-12(19-7)13-10(17)6-16-11(18)8-4-2-3-5-9(8)20-16/h2-5H,6H2,1H3,(H,13,15,17). The monoisotopic (exact) mass is 306 g/mol. The molecule has 0 spiro atoms. The minimum atomic E-state index is -0.283. The second-order valence-electron chi connectivity index (χ2n) is 4.10. The van der Waals surface area contributed by atoms with E-state index in [4.69, 9.17) is 0 Å². The van der Waals surface area contributed by atoms with Crippen LogP contribution in [0, 0.1) is 6.92 Å². The smallest absolute Gasteiger partial charge is 0.268 e. The quantitative estimate of drug-likeness (QED) is 0.801. The van der Waals surface area contributed by atoms with Crippen LogP contribution in [0.1, 0.15) is 5.01 Å². The van der Waals surface area contributed by atoms with Gasteiger partial charge in [0.15, 0.2) is 0 Å². The van der Waals surface area contributed by atoms with E-state index in [1.807, 2.05) is 25.1 Å². The normalized spacial score (nSPS) is 10.8. The topological polar surface area (TPSA) is 76.9 Å². The summed E-state index contributed by atoms with van der Waals surface area (Å²) >= 11 is 2.58. The highest BCUT2D eigenvalue weighted by Gasteiger charge is 2.12. The minimum absolute atomic E-state index is 0.0171. The van der Waals surface area contributed by atoms with Gasteiger partial charge in [-0.2, -0.15) is 0 Å². The number of fused-ring (bicyclic) bond motifs is 1. The first kappa shape index (κ1) is 12.9. The minimum Gasteiger partial charge on any atom is -0.299 e. The number of carbonyl (C=O) groups excluding carboxylic acids is 1. The summed E-state index contributed by atoms with van der Waals surface area (Å²) in [5, 5.41) is 12.1. The number of hydrogen-bond acceptors (Lipinski definition) is 6. The van der Waals surface area contributed by atoms with Gasteiger partial charge in [0.05, 0.1) is 10.1 Å². The summed E-state index contributed by atoms with van der Waals surface area (Å²) in [7, 11) is 0. The predicted octanol–water partition coefficient (Wildman–Crippen LogP) is 1.86. The molecule has 2 aromatic heterocycles. The van der Waals surface area contributed by atoms with Crippen LogP contribution in [0.3, 0.4) is 0 Å². The van der Waals surface area contributed by atoms with Gasteiger partial charge in [0.25, 0.3) is 5.56 Å². The second-order valence-corrected chi connectivity index (χ2v) is 6.35. The summed E-state index contributed by atoms with van der Waals surface area (Å²) in [6, 6.07) is 7.30. The highest BCUT2D eigenvalue weighted by atomic mass is 32.1. The zero-order valence-electron chi connectivity index (χ0n) is 10.5. The summed E-state index contributed by atoms with van der Waals surface area (Å²) in [5.74, 6) is -0.283. The maximum Gasteiger partial charge on any atom is 0.268 e. The molecule has 0 unspecified atom stereocenters. The molecule has 0 saturated carbocycles. The summed E-state index contributed by atoms with van der Waals surface area (Å²) in [5.41, 5.74) is -0.144. The van der Waals surface area contributed by atoms with E-state index in [0.29, 0.717) is 10.5 Å². The molecule has 0 aliphatic heterocycles. The van der Waals surface area contributed by atoms with Gasteiger partial charge in [0, 0.05) is 0 Å². The lowest BCUT2D eigenvalue weighted by Gasteiger charge is -2.00. The van der Waals surface area contributed by atoms with Crippen LogP contribution < -0.4 is 10.9 Å². The molecule has 3 aromatic rings. The first-order valence-electron chi connectivity index (χ1n) is 5.82. The van der Waals surface area contributed by atoms with Gasteiger partial charge in [-0.05, 0) is 19.1 Å². The van der Waals surface area contributed by atoms with Crippen molar-refractivity contribution in [3.63, 3.8) is 0 Å². The van der Waals surface area contributed by atoms with E-state index < -0.39 is 0 Å². The van der Waals surface area contributed by atoms with Gasteiger partial charge >= 0.3 is 0 Å². The molecule has 1 aromatic carbocycles. The molecule has 6 nitrogen and oxygen atoms in total. The molecule has 0 bridgehead atoms. The lowest BCUT2D eigenvalue weighted by Crippen LogP contribution is -2.23. The SMILES string of the molecule is Cc1nnc(NC(=O)Cn2sc3ccccc3c2=O)s1. The zero-order chi connectivity index (χ0) is 14.1. The summed E-state index contributed by atoms with van der Waals surface area (Å²) < 4.78 is 2.31. The predicted molar refractivity (Wildman–Crippen MR) is 79.4 cm³/mol. The fourth-order valence-electron chi connectivity index (χ4n) is 1.76. The Morgan fingerprint density at radius 3 is 2.85 bits per heavy atom. The maximum absolute atomic E-state index is 12.1. The molecule has 8 heteroatoms. The number of anilines is 1. The highest BCUT2D eigenvalue weighted by Crippen LogP contribution is 2.16. The van der Waals surface area contributed by atoms with E-state index in [-0.39, 0.29) is 18.0 Å². The Bertz CT molecular complexity index is 833. The van der Waals surface area contributed by atoms with Crippen LogP contribution in [-0.2, 0) is 11.3 Å². The van der Waals surface area contributed by atoms with Gasteiger partial charge in [-0.3, -0.25) is 18.9 Å². The van der Waals surface area contributed by atoms with Crippen molar-refractivity contribution in [3.05, 3.63) is 39.6 Å². The van der Waals surface area contributed by atoms with Crippen molar-refractivity contribution in [2.45, 2.75) is 13.5 Å². The lowest BCUT2D eigenvalue weighted by molar-refractivity contribution is -0.116. The van der Waals surface area contributed by atoms with Gasteiger partial charge in [-0.15, -0.1) is 10.2 Å². The van der Waals surface area contributed by atoms with E-state index in [9.17, 15) is 9.59 Å². The summed E-state index contributed by atoms with van der Waals surface area (Å²) in [6.07, 6.45) is 0. The van der Waals surface area contributed by atoms with Crippen LogP contribution in [0.25, 0.3) is 10.1 Å².